The predicted molar refractivity (Wildman–Crippen MR) is 86.5 cm³/mol. The Morgan fingerprint density at radius 2 is 2.19 bits per heavy atom. The van der Waals surface area contributed by atoms with Gasteiger partial charge in [0.25, 0.3) is 0 Å². The normalized spacial score (nSPS) is 15.8. The molecule has 2 heterocycles. The molecule has 1 saturated heterocycles. The molecule has 0 radical (unpaired) electrons. The molecule has 0 spiro atoms. The topological polar surface area (TPSA) is 48.5 Å². The number of nitrogens with one attached hydrogen (secondary N) is 1. The second-order valence-corrected chi connectivity index (χ2v) is 6.84. The van der Waals surface area contributed by atoms with Crippen LogP contribution in [0.3, 0.4) is 0 Å². The lowest BCUT2D eigenvalue weighted by Gasteiger charge is -2.11. The van der Waals surface area contributed by atoms with Gasteiger partial charge in [0, 0.05) is 11.9 Å². The van der Waals surface area contributed by atoms with Crippen molar-refractivity contribution in [1.82, 2.24) is 20.1 Å². The van der Waals surface area contributed by atoms with Gasteiger partial charge in [0.2, 0.25) is 5.91 Å². The molecule has 0 saturated carbocycles. The van der Waals surface area contributed by atoms with Crippen LogP contribution in [0.2, 0.25) is 0 Å². The summed E-state index contributed by atoms with van der Waals surface area (Å²) in [6, 6.07) is 0. The first-order valence-corrected chi connectivity index (χ1v) is 8.58. The van der Waals surface area contributed by atoms with Gasteiger partial charge in [0.15, 0.2) is 0 Å². The maximum Gasteiger partial charge on any atom is 0.226 e. The molecule has 1 aliphatic heterocycles. The monoisotopic (exact) mass is 310 g/mol. The molecule has 0 atom stereocenters. The number of carbonyl (C=O) groups is 1. The minimum Gasteiger partial charge on any atom is -0.356 e. The number of carbonyl (C=O) groups excluding carboxylic acids is 1. The molecule has 0 aromatic carbocycles. The Labute approximate surface area is 131 Å². The first-order chi connectivity index (χ1) is 10.1. The summed E-state index contributed by atoms with van der Waals surface area (Å²) in [6.07, 6.45) is 3.98. The van der Waals surface area contributed by atoms with Crippen LogP contribution < -0.4 is 5.32 Å². The average Bonchev–Trinajstić information content (AvgIpc) is 3.07. The standard InChI is InChI=1S/C15H26N4OS/c1-18(2)7-5-6-16-14(20)10-13-12-21-15(17-13)11-19-8-3-4-9-19/h12H,3-11H2,1-2H3,(H,16,20). The highest BCUT2D eigenvalue weighted by atomic mass is 32.1. The molecule has 1 aromatic heterocycles. The van der Waals surface area contributed by atoms with E-state index < -0.39 is 0 Å². The summed E-state index contributed by atoms with van der Waals surface area (Å²) in [5.41, 5.74) is 0.902. The lowest BCUT2D eigenvalue weighted by Crippen LogP contribution is -2.28. The second-order valence-electron chi connectivity index (χ2n) is 5.90. The molecule has 0 unspecified atom stereocenters. The van der Waals surface area contributed by atoms with Gasteiger partial charge in [-0.15, -0.1) is 11.3 Å². The van der Waals surface area contributed by atoms with Gasteiger partial charge in [-0.1, -0.05) is 0 Å². The quantitative estimate of drug-likeness (QED) is 0.736. The number of amides is 1. The zero-order chi connectivity index (χ0) is 15.1. The Morgan fingerprint density at radius 1 is 1.43 bits per heavy atom. The van der Waals surface area contributed by atoms with Gasteiger partial charge in [0.1, 0.15) is 5.01 Å². The molecular formula is C15H26N4OS. The number of aromatic nitrogens is 1. The van der Waals surface area contributed by atoms with E-state index in [4.69, 9.17) is 0 Å². The summed E-state index contributed by atoms with van der Waals surface area (Å²) < 4.78 is 0. The first-order valence-electron chi connectivity index (χ1n) is 7.70. The van der Waals surface area contributed by atoms with Gasteiger partial charge < -0.3 is 10.2 Å². The van der Waals surface area contributed by atoms with Crippen molar-refractivity contribution in [2.24, 2.45) is 0 Å². The first kappa shape index (κ1) is 16.4. The number of rotatable bonds is 8. The zero-order valence-electron chi connectivity index (χ0n) is 13.1. The van der Waals surface area contributed by atoms with Crippen molar-refractivity contribution in [3.8, 4) is 0 Å². The Kier molecular flexibility index (Phi) is 6.60. The maximum atomic E-state index is 11.8. The SMILES string of the molecule is CN(C)CCCNC(=O)Cc1csc(CN2CCCC2)n1. The fourth-order valence-corrected chi connectivity index (χ4v) is 3.32. The van der Waals surface area contributed by atoms with E-state index in [0.717, 1.165) is 36.8 Å². The molecule has 1 aliphatic rings. The molecule has 6 heteroatoms. The third-order valence-corrected chi connectivity index (χ3v) is 4.49. The summed E-state index contributed by atoms with van der Waals surface area (Å²) in [4.78, 5) is 21.0. The van der Waals surface area contributed by atoms with E-state index in [1.807, 2.05) is 19.5 Å². The summed E-state index contributed by atoms with van der Waals surface area (Å²) >= 11 is 1.67. The van der Waals surface area contributed by atoms with Crippen molar-refractivity contribution in [1.29, 1.82) is 0 Å². The van der Waals surface area contributed by atoms with E-state index in [9.17, 15) is 4.79 Å². The van der Waals surface area contributed by atoms with Crippen LogP contribution in [0.25, 0.3) is 0 Å². The van der Waals surface area contributed by atoms with Crippen LogP contribution in [0.15, 0.2) is 5.38 Å². The molecule has 1 fully saturated rings. The van der Waals surface area contributed by atoms with Crippen LogP contribution in [-0.4, -0.2) is 61.0 Å². The Balaban J connectivity index is 1.67. The lowest BCUT2D eigenvalue weighted by molar-refractivity contribution is -0.120. The van der Waals surface area contributed by atoms with Gasteiger partial charge in [-0.3, -0.25) is 9.69 Å². The van der Waals surface area contributed by atoms with Crippen LogP contribution in [0, 0.1) is 0 Å². The number of thiazole rings is 1. The minimum absolute atomic E-state index is 0.0757. The molecular weight excluding hydrogens is 284 g/mol. The van der Waals surface area contributed by atoms with E-state index in [1.54, 1.807) is 11.3 Å². The van der Waals surface area contributed by atoms with E-state index >= 15 is 0 Å². The van der Waals surface area contributed by atoms with Gasteiger partial charge in [-0.2, -0.15) is 0 Å². The van der Waals surface area contributed by atoms with E-state index in [2.05, 4.69) is 20.1 Å². The van der Waals surface area contributed by atoms with Crippen LogP contribution in [0.1, 0.15) is 30.0 Å². The third kappa shape index (κ3) is 6.11. The van der Waals surface area contributed by atoms with Crippen molar-refractivity contribution in [3.05, 3.63) is 16.1 Å². The van der Waals surface area contributed by atoms with E-state index in [1.165, 1.54) is 25.9 Å². The molecule has 118 valence electrons. The summed E-state index contributed by atoms with van der Waals surface area (Å²) in [6.45, 7) is 5.04. The van der Waals surface area contributed by atoms with Gasteiger partial charge in [-0.05, 0) is 53.0 Å². The fraction of sp³-hybridized carbons (Fsp3) is 0.733. The number of hydrogen-bond acceptors (Lipinski definition) is 5. The highest BCUT2D eigenvalue weighted by Gasteiger charge is 2.14. The second kappa shape index (κ2) is 8.46. The van der Waals surface area contributed by atoms with E-state index in [0.29, 0.717) is 6.42 Å². The van der Waals surface area contributed by atoms with Gasteiger partial charge in [-0.25, -0.2) is 4.98 Å². The molecule has 0 aliphatic carbocycles. The average molecular weight is 310 g/mol. The molecule has 5 nitrogen and oxygen atoms in total. The van der Waals surface area contributed by atoms with Crippen molar-refractivity contribution in [2.45, 2.75) is 32.2 Å². The largest absolute Gasteiger partial charge is 0.356 e. The van der Waals surface area contributed by atoms with E-state index in [-0.39, 0.29) is 5.91 Å². The predicted octanol–water partition coefficient (Wildman–Crippen LogP) is 1.35. The highest BCUT2D eigenvalue weighted by molar-refractivity contribution is 7.09. The molecule has 1 N–H and O–H groups in total. The molecule has 1 aromatic rings. The van der Waals surface area contributed by atoms with Crippen LogP contribution in [0.5, 0.6) is 0 Å². The van der Waals surface area contributed by atoms with Crippen molar-refractivity contribution >= 4 is 17.2 Å². The van der Waals surface area contributed by atoms with Gasteiger partial charge in [0.05, 0.1) is 18.7 Å². The third-order valence-electron chi connectivity index (χ3n) is 3.60. The summed E-state index contributed by atoms with van der Waals surface area (Å²) in [7, 11) is 4.08. The fourth-order valence-electron chi connectivity index (χ4n) is 2.48. The Hall–Kier alpha value is -0.980. The molecule has 1 amide bonds. The van der Waals surface area contributed by atoms with Crippen LogP contribution in [0.4, 0.5) is 0 Å². The maximum absolute atomic E-state index is 11.8. The van der Waals surface area contributed by atoms with Crippen LogP contribution >= 0.6 is 11.3 Å². The van der Waals surface area contributed by atoms with Crippen LogP contribution in [-0.2, 0) is 17.8 Å². The highest BCUT2D eigenvalue weighted by Crippen LogP contribution is 2.16. The molecule has 21 heavy (non-hydrogen) atoms. The minimum atomic E-state index is 0.0757. The smallest absolute Gasteiger partial charge is 0.226 e. The van der Waals surface area contributed by atoms with Crippen molar-refractivity contribution in [2.75, 3.05) is 40.3 Å². The Bertz CT molecular complexity index is 441. The zero-order valence-corrected chi connectivity index (χ0v) is 13.9. The summed E-state index contributed by atoms with van der Waals surface area (Å²) in [5.74, 6) is 0.0757. The van der Waals surface area contributed by atoms with Crippen molar-refractivity contribution in [3.63, 3.8) is 0 Å². The van der Waals surface area contributed by atoms with Gasteiger partial charge >= 0.3 is 0 Å². The lowest BCUT2D eigenvalue weighted by atomic mass is 10.3. The number of likely N-dealkylation sites (tertiary alicyclic amines) is 1. The summed E-state index contributed by atoms with van der Waals surface area (Å²) in [5, 5.41) is 6.11. The number of hydrogen-bond donors (Lipinski definition) is 1. The molecule has 2 rings (SSSR count). The molecule has 0 bridgehead atoms. The number of nitrogens with zero attached hydrogens (tertiary/aromatic N) is 3. The van der Waals surface area contributed by atoms with Crippen molar-refractivity contribution < 1.29 is 4.79 Å². The Morgan fingerprint density at radius 3 is 2.90 bits per heavy atom.